The summed E-state index contributed by atoms with van der Waals surface area (Å²) >= 11 is 2.17. The zero-order valence-electron chi connectivity index (χ0n) is 11.1. The molecule has 1 aromatic carbocycles. The smallest absolute Gasteiger partial charge is 0.360 e. The maximum absolute atomic E-state index is 12.0. The van der Waals surface area contributed by atoms with Gasteiger partial charge in [0.15, 0.2) is 5.69 Å². The Morgan fingerprint density at radius 3 is 3.10 bits per heavy atom. The second-order valence-corrected chi connectivity index (χ2v) is 5.65. The van der Waals surface area contributed by atoms with Gasteiger partial charge in [-0.05, 0) is 47.7 Å². The number of amides is 1. The topological polar surface area (TPSA) is 86.1 Å². The molecule has 0 saturated heterocycles. The monoisotopic (exact) mass is 398 g/mol. The number of nitrogens with one attached hydrogen (secondary N) is 1. The molecule has 1 aromatic heterocycles. The lowest BCUT2D eigenvalue weighted by Crippen LogP contribution is -2.16. The highest BCUT2D eigenvalue weighted by molar-refractivity contribution is 14.1. The van der Waals surface area contributed by atoms with Crippen molar-refractivity contribution < 1.29 is 14.3 Å². The summed E-state index contributed by atoms with van der Waals surface area (Å²) in [5.74, 6) is -0.787. The number of hydrogen-bond acceptors (Lipinski definition) is 5. The maximum Gasteiger partial charge on any atom is 0.360 e. The van der Waals surface area contributed by atoms with Crippen molar-refractivity contribution >= 4 is 40.2 Å². The molecule has 0 atom stereocenters. The predicted octanol–water partition coefficient (Wildman–Crippen LogP) is 1.54. The quantitative estimate of drug-likeness (QED) is 0.613. The third kappa shape index (κ3) is 2.50. The molecule has 0 unspecified atom stereocenters. The van der Waals surface area contributed by atoms with E-state index in [1.165, 1.54) is 4.68 Å². The Balaban J connectivity index is 2.17. The van der Waals surface area contributed by atoms with Crippen molar-refractivity contribution in [2.45, 2.75) is 13.3 Å². The van der Waals surface area contributed by atoms with Gasteiger partial charge in [-0.15, -0.1) is 5.10 Å². The van der Waals surface area contributed by atoms with Crippen LogP contribution < -0.4 is 5.32 Å². The van der Waals surface area contributed by atoms with Gasteiger partial charge in [-0.1, -0.05) is 5.21 Å². The van der Waals surface area contributed by atoms with Gasteiger partial charge < -0.3 is 10.1 Å². The van der Waals surface area contributed by atoms with Crippen molar-refractivity contribution in [2.75, 3.05) is 11.9 Å². The van der Waals surface area contributed by atoms with Crippen LogP contribution in [-0.4, -0.2) is 33.5 Å². The van der Waals surface area contributed by atoms with Gasteiger partial charge in [0, 0.05) is 3.57 Å². The van der Waals surface area contributed by atoms with Crippen LogP contribution in [0.3, 0.4) is 0 Å². The maximum atomic E-state index is 12.0. The molecule has 2 heterocycles. The van der Waals surface area contributed by atoms with E-state index in [1.54, 1.807) is 13.0 Å². The molecule has 21 heavy (non-hydrogen) atoms. The predicted molar refractivity (Wildman–Crippen MR) is 82.4 cm³/mol. The van der Waals surface area contributed by atoms with Crippen molar-refractivity contribution in [3.8, 4) is 5.69 Å². The number of carbonyl (C=O) groups is 2. The fourth-order valence-corrected chi connectivity index (χ4v) is 2.62. The van der Waals surface area contributed by atoms with Crippen LogP contribution in [0.2, 0.25) is 0 Å². The van der Waals surface area contributed by atoms with Crippen LogP contribution in [0.25, 0.3) is 5.69 Å². The van der Waals surface area contributed by atoms with Gasteiger partial charge in [0.1, 0.15) is 0 Å². The number of carbonyl (C=O) groups excluding carboxylic acids is 2. The number of ether oxygens (including phenoxy) is 1. The van der Waals surface area contributed by atoms with E-state index in [2.05, 4.69) is 38.2 Å². The normalized spacial score (nSPS) is 13.0. The van der Waals surface area contributed by atoms with Crippen LogP contribution >= 0.6 is 22.6 Å². The molecule has 0 spiro atoms. The number of hydrogen-bond donors (Lipinski definition) is 1. The molecule has 7 nitrogen and oxygen atoms in total. The van der Waals surface area contributed by atoms with E-state index in [4.69, 9.17) is 4.74 Å². The Kier molecular flexibility index (Phi) is 3.62. The molecule has 0 fully saturated rings. The van der Waals surface area contributed by atoms with Crippen LogP contribution in [0.5, 0.6) is 0 Å². The van der Waals surface area contributed by atoms with Crippen LogP contribution in [0.15, 0.2) is 18.2 Å². The molecule has 0 bridgehead atoms. The highest BCUT2D eigenvalue weighted by Gasteiger charge is 2.27. The largest absolute Gasteiger partial charge is 0.461 e. The number of benzene rings is 1. The third-order valence-corrected chi connectivity index (χ3v) is 3.69. The Bertz CT molecular complexity index is 741. The first-order chi connectivity index (χ1) is 10.1. The molecule has 0 radical (unpaired) electrons. The Morgan fingerprint density at radius 1 is 1.52 bits per heavy atom. The van der Waals surface area contributed by atoms with Gasteiger partial charge >= 0.3 is 5.97 Å². The van der Waals surface area contributed by atoms with E-state index >= 15 is 0 Å². The van der Waals surface area contributed by atoms with Gasteiger partial charge in [-0.3, -0.25) is 4.79 Å². The molecule has 108 valence electrons. The first-order valence-corrected chi connectivity index (χ1v) is 7.39. The molecule has 2 aromatic rings. The van der Waals surface area contributed by atoms with Gasteiger partial charge in [0.25, 0.3) is 0 Å². The molecular formula is C13H11IN4O3. The van der Waals surface area contributed by atoms with Crippen LogP contribution in [0, 0.1) is 3.57 Å². The summed E-state index contributed by atoms with van der Waals surface area (Å²) in [6.45, 7) is 1.95. The highest BCUT2D eigenvalue weighted by Crippen LogP contribution is 2.27. The number of fused-ring (bicyclic) bond motifs is 3. The molecule has 1 amide bonds. The first-order valence-electron chi connectivity index (χ1n) is 6.31. The highest BCUT2D eigenvalue weighted by atomic mass is 127. The summed E-state index contributed by atoms with van der Waals surface area (Å²) in [6.07, 6.45) is 0.0202. The molecule has 1 aliphatic heterocycles. The summed E-state index contributed by atoms with van der Waals surface area (Å²) in [5, 5.41) is 10.7. The summed E-state index contributed by atoms with van der Waals surface area (Å²) in [4.78, 5) is 23.9. The van der Waals surface area contributed by atoms with E-state index in [0.717, 1.165) is 3.57 Å². The third-order valence-electron chi connectivity index (χ3n) is 3.02. The van der Waals surface area contributed by atoms with Gasteiger partial charge in [0.05, 0.1) is 30.1 Å². The number of esters is 1. The number of anilines is 1. The minimum Gasteiger partial charge on any atom is -0.461 e. The van der Waals surface area contributed by atoms with Crippen LogP contribution in [0.4, 0.5) is 5.69 Å². The van der Waals surface area contributed by atoms with Crippen molar-refractivity contribution in [3.63, 3.8) is 0 Å². The van der Waals surface area contributed by atoms with E-state index in [0.29, 0.717) is 17.1 Å². The second kappa shape index (κ2) is 5.43. The van der Waals surface area contributed by atoms with Crippen LogP contribution in [-0.2, 0) is 16.0 Å². The van der Waals surface area contributed by atoms with E-state index in [1.807, 2.05) is 12.1 Å². The molecule has 0 aliphatic carbocycles. The molecule has 1 aliphatic rings. The zero-order chi connectivity index (χ0) is 15.0. The molecule has 3 rings (SSSR count). The number of aromatic nitrogens is 3. The van der Waals surface area contributed by atoms with Crippen molar-refractivity contribution in [1.29, 1.82) is 0 Å². The average Bonchev–Trinajstić information content (AvgIpc) is 2.79. The number of halogens is 1. The Labute approximate surface area is 133 Å². The Morgan fingerprint density at radius 2 is 2.33 bits per heavy atom. The fourth-order valence-electron chi connectivity index (χ4n) is 2.14. The van der Waals surface area contributed by atoms with Crippen LogP contribution in [0.1, 0.15) is 23.1 Å². The number of rotatable bonds is 2. The van der Waals surface area contributed by atoms with Gasteiger partial charge in [-0.25, -0.2) is 9.48 Å². The lowest BCUT2D eigenvalue weighted by atomic mass is 10.2. The summed E-state index contributed by atoms with van der Waals surface area (Å²) in [6, 6.07) is 5.55. The minimum atomic E-state index is -0.569. The van der Waals surface area contributed by atoms with Crippen molar-refractivity contribution in [3.05, 3.63) is 33.2 Å². The molecule has 0 saturated carbocycles. The lowest BCUT2D eigenvalue weighted by molar-refractivity contribution is -0.115. The second-order valence-electron chi connectivity index (χ2n) is 4.40. The average molecular weight is 398 g/mol. The standard InChI is InChI=1S/C13H11IN4O3/c1-2-21-13(20)12-10-6-11(19)15-8-4-3-7(14)5-9(8)18(10)17-16-12/h3-5H,2,6H2,1H3,(H,15,19). The fraction of sp³-hybridized carbons (Fsp3) is 0.231. The zero-order valence-corrected chi connectivity index (χ0v) is 13.2. The Hall–Kier alpha value is -1.97. The minimum absolute atomic E-state index is 0.0202. The first kappa shape index (κ1) is 14.0. The van der Waals surface area contributed by atoms with Gasteiger partial charge in [0.2, 0.25) is 5.91 Å². The van der Waals surface area contributed by atoms with E-state index < -0.39 is 5.97 Å². The lowest BCUT2D eigenvalue weighted by Gasteiger charge is -2.07. The molecule has 1 N–H and O–H groups in total. The van der Waals surface area contributed by atoms with Gasteiger partial charge in [-0.2, -0.15) is 0 Å². The molecule has 8 heteroatoms. The van der Waals surface area contributed by atoms with Crippen molar-refractivity contribution in [1.82, 2.24) is 15.0 Å². The van der Waals surface area contributed by atoms with E-state index in [9.17, 15) is 9.59 Å². The summed E-state index contributed by atoms with van der Waals surface area (Å²) in [7, 11) is 0. The molecular weight excluding hydrogens is 387 g/mol. The van der Waals surface area contributed by atoms with E-state index in [-0.39, 0.29) is 24.6 Å². The summed E-state index contributed by atoms with van der Waals surface area (Å²) in [5.41, 5.74) is 1.84. The summed E-state index contributed by atoms with van der Waals surface area (Å²) < 4.78 is 7.46. The SMILES string of the molecule is CCOC(=O)c1nnn2c1CC(=O)Nc1ccc(I)cc1-2. The number of nitrogens with zero attached hydrogens (tertiary/aromatic N) is 3. The van der Waals surface area contributed by atoms with Crippen molar-refractivity contribution in [2.24, 2.45) is 0 Å².